The maximum atomic E-state index is 13.2. The van der Waals surface area contributed by atoms with Crippen LogP contribution >= 0.6 is 11.6 Å². The van der Waals surface area contributed by atoms with Gasteiger partial charge in [-0.25, -0.2) is 8.42 Å². The number of carbonyl (C=O) groups is 1. The van der Waals surface area contributed by atoms with Crippen LogP contribution in [0, 0.1) is 0 Å². The molecule has 0 bridgehead atoms. The molecular formula is C21H24ClN3O3S. The first-order valence-electron chi connectivity index (χ1n) is 9.75. The van der Waals surface area contributed by atoms with Gasteiger partial charge in [0.2, 0.25) is 0 Å². The normalized spacial score (nSPS) is 17.9. The Morgan fingerprint density at radius 3 is 2.34 bits per heavy atom. The number of hydrogen-bond donors (Lipinski definition) is 0. The van der Waals surface area contributed by atoms with Crippen LogP contribution in [0.25, 0.3) is 0 Å². The van der Waals surface area contributed by atoms with E-state index in [-0.39, 0.29) is 10.8 Å². The molecule has 2 heterocycles. The third-order valence-corrected chi connectivity index (χ3v) is 7.67. The van der Waals surface area contributed by atoms with Crippen molar-refractivity contribution in [3.63, 3.8) is 0 Å². The molecule has 8 heteroatoms. The Balaban J connectivity index is 1.62. The number of fused-ring (bicyclic) bond motifs is 1. The predicted molar refractivity (Wildman–Crippen MR) is 114 cm³/mol. The van der Waals surface area contributed by atoms with Crippen molar-refractivity contribution in [1.29, 1.82) is 0 Å². The molecule has 2 aliphatic rings. The van der Waals surface area contributed by atoms with Crippen LogP contribution in [-0.4, -0.2) is 63.9 Å². The Hall–Kier alpha value is -2.09. The third-order valence-electron chi connectivity index (χ3n) is 5.59. The highest BCUT2D eigenvalue weighted by atomic mass is 35.5. The van der Waals surface area contributed by atoms with Crippen LogP contribution in [0.15, 0.2) is 47.4 Å². The minimum absolute atomic E-state index is 0.0126. The number of sulfonamides is 1. The van der Waals surface area contributed by atoms with Gasteiger partial charge in [0.1, 0.15) is 0 Å². The molecule has 1 saturated heterocycles. The largest absolute Gasteiger partial charge is 0.336 e. The summed E-state index contributed by atoms with van der Waals surface area (Å²) in [4.78, 5) is 17.2. The topological polar surface area (TPSA) is 60.9 Å². The zero-order chi connectivity index (χ0) is 20.6. The molecule has 2 aliphatic heterocycles. The smallest absolute Gasteiger partial charge is 0.264 e. The number of aryl methyl sites for hydroxylation is 1. The molecule has 0 unspecified atom stereocenters. The van der Waals surface area contributed by atoms with Crippen molar-refractivity contribution in [3.05, 3.63) is 58.6 Å². The summed E-state index contributed by atoms with van der Waals surface area (Å²) >= 11 is 5.90. The van der Waals surface area contributed by atoms with Gasteiger partial charge in [-0.2, -0.15) is 0 Å². The summed E-state index contributed by atoms with van der Waals surface area (Å²) in [5.74, 6) is 0.0126. The molecule has 1 fully saturated rings. The number of hydrogen-bond acceptors (Lipinski definition) is 4. The SMILES string of the molecule is CN1CCN(C(=O)c2ccc3c(c2)CCCN3S(=O)(=O)c2ccc(Cl)cc2)CC1. The Kier molecular flexibility index (Phi) is 5.55. The molecule has 29 heavy (non-hydrogen) atoms. The number of carbonyl (C=O) groups excluding carboxylic acids is 1. The number of halogens is 1. The Labute approximate surface area is 176 Å². The van der Waals surface area contributed by atoms with E-state index in [1.54, 1.807) is 24.3 Å². The summed E-state index contributed by atoms with van der Waals surface area (Å²) in [7, 11) is -1.63. The molecule has 0 spiro atoms. The van der Waals surface area contributed by atoms with Crippen LogP contribution < -0.4 is 4.31 Å². The molecule has 0 saturated carbocycles. The predicted octanol–water partition coefficient (Wildman–Crippen LogP) is 2.87. The van der Waals surface area contributed by atoms with E-state index in [0.717, 1.165) is 25.1 Å². The van der Waals surface area contributed by atoms with Gasteiger partial charge in [-0.15, -0.1) is 0 Å². The second-order valence-corrected chi connectivity index (χ2v) is 9.87. The van der Waals surface area contributed by atoms with Gasteiger partial charge in [0, 0.05) is 43.3 Å². The van der Waals surface area contributed by atoms with Crippen molar-refractivity contribution in [3.8, 4) is 0 Å². The highest BCUT2D eigenvalue weighted by Gasteiger charge is 2.30. The van der Waals surface area contributed by atoms with Gasteiger partial charge in [-0.05, 0) is 67.9 Å². The first-order chi connectivity index (χ1) is 13.9. The molecule has 0 N–H and O–H groups in total. The van der Waals surface area contributed by atoms with E-state index in [4.69, 9.17) is 11.6 Å². The Bertz CT molecular complexity index is 1020. The number of amides is 1. The van der Waals surface area contributed by atoms with Gasteiger partial charge in [0.25, 0.3) is 15.9 Å². The van der Waals surface area contributed by atoms with Crippen LogP contribution in [0.5, 0.6) is 0 Å². The summed E-state index contributed by atoms with van der Waals surface area (Å²) in [6.45, 7) is 3.57. The lowest BCUT2D eigenvalue weighted by molar-refractivity contribution is 0.0664. The Morgan fingerprint density at radius 1 is 0.966 bits per heavy atom. The van der Waals surface area contributed by atoms with Crippen LogP contribution in [0.3, 0.4) is 0 Å². The lowest BCUT2D eigenvalue weighted by Crippen LogP contribution is -2.47. The average molecular weight is 434 g/mol. The number of benzene rings is 2. The number of likely N-dealkylation sites (N-methyl/N-ethyl adjacent to an activating group) is 1. The lowest BCUT2D eigenvalue weighted by atomic mass is 10.00. The zero-order valence-electron chi connectivity index (χ0n) is 16.3. The standard InChI is InChI=1S/C21H24ClN3O3S/c1-23-11-13-24(14-12-23)21(26)17-4-9-20-16(15-17)3-2-10-25(20)29(27,28)19-7-5-18(22)6-8-19/h4-9,15H,2-3,10-14H2,1H3. The summed E-state index contributed by atoms with van der Waals surface area (Å²) in [5.41, 5.74) is 2.17. The van der Waals surface area contributed by atoms with Crippen molar-refractivity contribution in [1.82, 2.24) is 9.80 Å². The lowest BCUT2D eigenvalue weighted by Gasteiger charge is -2.33. The molecule has 4 rings (SSSR count). The highest BCUT2D eigenvalue weighted by Crippen LogP contribution is 2.33. The third kappa shape index (κ3) is 3.99. The first-order valence-corrected chi connectivity index (χ1v) is 11.6. The molecule has 0 atom stereocenters. The van der Waals surface area contributed by atoms with Gasteiger partial charge in [-0.1, -0.05) is 11.6 Å². The first kappa shape index (κ1) is 20.2. The van der Waals surface area contributed by atoms with Crippen molar-refractivity contribution >= 4 is 33.2 Å². The second-order valence-electron chi connectivity index (χ2n) is 7.57. The van der Waals surface area contributed by atoms with E-state index < -0.39 is 10.0 Å². The second kappa shape index (κ2) is 7.97. The quantitative estimate of drug-likeness (QED) is 0.746. The van der Waals surface area contributed by atoms with Crippen molar-refractivity contribution in [2.75, 3.05) is 44.1 Å². The van der Waals surface area contributed by atoms with Gasteiger partial charge in [-0.3, -0.25) is 9.10 Å². The number of nitrogens with zero attached hydrogens (tertiary/aromatic N) is 3. The van der Waals surface area contributed by atoms with E-state index >= 15 is 0 Å². The van der Waals surface area contributed by atoms with Crippen LogP contribution in [0.1, 0.15) is 22.3 Å². The van der Waals surface area contributed by atoms with Gasteiger partial charge in [0.05, 0.1) is 10.6 Å². The fourth-order valence-corrected chi connectivity index (χ4v) is 5.54. The molecule has 0 radical (unpaired) electrons. The number of anilines is 1. The fraction of sp³-hybridized carbons (Fsp3) is 0.381. The van der Waals surface area contributed by atoms with E-state index in [1.165, 1.54) is 16.4 Å². The van der Waals surface area contributed by atoms with Gasteiger partial charge in [0.15, 0.2) is 0 Å². The summed E-state index contributed by atoms with van der Waals surface area (Å²) in [5, 5.41) is 0.495. The maximum absolute atomic E-state index is 13.2. The molecule has 6 nitrogen and oxygen atoms in total. The van der Waals surface area contributed by atoms with E-state index in [9.17, 15) is 13.2 Å². The van der Waals surface area contributed by atoms with Crippen LogP contribution in [0.4, 0.5) is 5.69 Å². The summed E-state index contributed by atoms with van der Waals surface area (Å²) < 4.78 is 27.8. The summed E-state index contributed by atoms with van der Waals surface area (Å²) in [6.07, 6.45) is 1.47. The molecule has 2 aromatic rings. The monoisotopic (exact) mass is 433 g/mol. The molecule has 0 aromatic heterocycles. The molecule has 2 aromatic carbocycles. The van der Waals surface area contributed by atoms with E-state index in [2.05, 4.69) is 11.9 Å². The van der Waals surface area contributed by atoms with E-state index in [0.29, 0.717) is 42.3 Å². The molecular weight excluding hydrogens is 410 g/mol. The van der Waals surface area contributed by atoms with Crippen molar-refractivity contribution in [2.24, 2.45) is 0 Å². The van der Waals surface area contributed by atoms with Gasteiger partial charge < -0.3 is 9.80 Å². The minimum Gasteiger partial charge on any atom is -0.336 e. The van der Waals surface area contributed by atoms with Crippen molar-refractivity contribution in [2.45, 2.75) is 17.7 Å². The highest BCUT2D eigenvalue weighted by molar-refractivity contribution is 7.92. The number of rotatable bonds is 3. The maximum Gasteiger partial charge on any atom is 0.264 e. The number of piperazine rings is 1. The Morgan fingerprint density at radius 2 is 1.66 bits per heavy atom. The molecule has 154 valence electrons. The average Bonchev–Trinajstić information content (AvgIpc) is 2.73. The van der Waals surface area contributed by atoms with Crippen LogP contribution in [-0.2, 0) is 16.4 Å². The fourth-order valence-electron chi connectivity index (χ4n) is 3.87. The van der Waals surface area contributed by atoms with Gasteiger partial charge >= 0.3 is 0 Å². The van der Waals surface area contributed by atoms with Crippen LogP contribution in [0.2, 0.25) is 5.02 Å². The summed E-state index contributed by atoms with van der Waals surface area (Å²) in [6, 6.07) is 11.6. The van der Waals surface area contributed by atoms with Crippen molar-refractivity contribution < 1.29 is 13.2 Å². The molecule has 1 amide bonds. The minimum atomic E-state index is -3.68. The zero-order valence-corrected chi connectivity index (χ0v) is 17.9. The van der Waals surface area contributed by atoms with E-state index in [1.807, 2.05) is 11.0 Å². The molecule has 0 aliphatic carbocycles.